The van der Waals surface area contributed by atoms with Crippen molar-refractivity contribution in [1.82, 2.24) is 0 Å². The average Bonchev–Trinajstić information content (AvgIpc) is 2.70. The number of rotatable bonds is 12. The summed E-state index contributed by atoms with van der Waals surface area (Å²) >= 11 is 0. The van der Waals surface area contributed by atoms with Gasteiger partial charge in [-0.1, -0.05) is 42.5 Å². The number of carbonyl (C=O) groups is 1. The predicted octanol–water partition coefficient (Wildman–Crippen LogP) is 3.40. The van der Waals surface area contributed by atoms with Crippen LogP contribution in [0.3, 0.4) is 0 Å². The van der Waals surface area contributed by atoms with Crippen molar-refractivity contribution in [3.05, 3.63) is 65.7 Å². The minimum Gasteiger partial charge on any atom is -0.497 e. The Hall–Kier alpha value is -2.21. The minimum absolute atomic E-state index is 0.0520. The quantitative estimate of drug-likeness (QED) is 0.430. The van der Waals surface area contributed by atoms with Gasteiger partial charge in [0, 0.05) is 0 Å². The zero-order valence-electron chi connectivity index (χ0n) is 15.3. The van der Waals surface area contributed by atoms with Crippen molar-refractivity contribution in [1.29, 1.82) is 0 Å². The summed E-state index contributed by atoms with van der Waals surface area (Å²) in [5.74, 6) is 0.813. The Bertz CT molecular complexity index is 627. The first-order valence-corrected chi connectivity index (χ1v) is 8.64. The van der Waals surface area contributed by atoms with Crippen LogP contribution in [0.25, 0.3) is 0 Å². The summed E-state index contributed by atoms with van der Waals surface area (Å²) < 4.78 is 22.4. The molecule has 0 amide bonds. The first kappa shape index (κ1) is 20.1. The fourth-order valence-electron chi connectivity index (χ4n) is 2.39. The summed E-state index contributed by atoms with van der Waals surface area (Å²) in [5, 5.41) is 0. The van der Waals surface area contributed by atoms with Gasteiger partial charge in [-0.25, -0.2) is 0 Å². The van der Waals surface area contributed by atoms with Gasteiger partial charge in [-0.15, -0.1) is 0 Å². The second-order valence-electron chi connectivity index (χ2n) is 5.90. The van der Waals surface area contributed by atoms with Gasteiger partial charge < -0.3 is 23.7 Å². The van der Waals surface area contributed by atoms with Gasteiger partial charge in [0.2, 0.25) is 0 Å². The summed E-state index contributed by atoms with van der Waals surface area (Å²) in [5.41, 5.74) is 2.13. The maximum atomic E-state index is 10.5. The third-order valence-electron chi connectivity index (χ3n) is 3.97. The van der Waals surface area contributed by atoms with Gasteiger partial charge in [-0.2, -0.15) is 0 Å². The molecule has 2 aromatic rings. The van der Waals surface area contributed by atoms with Crippen LogP contribution < -0.4 is 4.74 Å². The van der Waals surface area contributed by atoms with Crippen molar-refractivity contribution in [3.8, 4) is 5.75 Å². The Morgan fingerprint density at radius 3 is 2.23 bits per heavy atom. The molecule has 5 heteroatoms. The molecule has 0 radical (unpaired) electrons. The van der Waals surface area contributed by atoms with Crippen molar-refractivity contribution in [2.45, 2.75) is 32.3 Å². The molecular weight excluding hydrogens is 332 g/mol. The molecule has 0 aliphatic carbocycles. The van der Waals surface area contributed by atoms with Crippen LogP contribution in [0.5, 0.6) is 5.75 Å². The van der Waals surface area contributed by atoms with E-state index >= 15 is 0 Å². The fraction of sp³-hybridized carbons (Fsp3) is 0.381. The number of benzene rings is 2. The topological polar surface area (TPSA) is 54.0 Å². The lowest BCUT2D eigenvalue weighted by Gasteiger charge is -2.24. The van der Waals surface area contributed by atoms with Gasteiger partial charge in [-0.05, 0) is 30.2 Å². The second kappa shape index (κ2) is 11.4. The monoisotopic (exact) mass is 358 g/mol. The molecule has 0 heterocycles. The molecule has 0 saturated heterocycles. The lowest BCUT2D eigenvalue weighted by atomic mass is 10.2. The summed E-state index contributed by atoms with van der Waals surface area (Å²) in [7, 11) is 1.64. The van der Waals surface area contributed by atoms with Crippen LogP contribution >= 0.6 is 0 Å². The highest BCUT2D eigenvalue weighted by atomic mass is 16.6. The van der Waals surface area contributed by atoms with E-state index in [2.05, 4.69) is 0 Å². The van der Waals surface area contributed by atoms with Gasteiger partial charge in [0.15, 0.2) is 0 Å². The molecule has 0 N–H and O–H groups in total. The molecule has 140 valence electrons. The van der Waals surface area contributed by atoms with Gasteiger partial charge in [0.1, 0.15) is 24.7 Å². The fourth-order valence-corrected chi connectivity index (χ4v) is 2.39. The first-order chi connectivity index (χ1) is 12.7. The summed E-state index contributed by atoms with van der Waals surface area (Å²) in [4.78, 5) is 10.5. The highest BCUT2D eigenvalue weighted by Gasteiger charge is 2.19. The van der Waals surface area contributed by atoms with Gasteiger partial charge >= 0.3 is 0 Å². The van der Waals surface area contributed by atoms with Crippen LogP contribution in [0.15, 0.2) is 54.6 Å². The molecule has 0 fully saturated rings. The lowest BCUT2D eigenvalue weighted by Crippen LogP contribution is -2.33. The largest absolute Gasteiger partial charge is 0.497 e. The predicted molar refractivity (Wildman–Crippen MR) is 99.1 cm³/mol. The first-order valence-electron chi connectivity index (χ1n) is 8.64. The Kier molecular flexibility index (Phi) is 8.83. The minimum atomic E-state index is -0.270. The Morgan fingerprint density at radius 1 is 0.923 bits per heavy atom. The van der Waals surface area contributed by atoms with E-state index in [1.807, 2.05) is 61.5 Å². The summed E-state index contributed by atoms with van der Waals surface area (Å²) in [6.07, 6.45) is 0.276. The number of methoxy groups -OCH3 is 1. The third-order valence-corrected chi connectivity index (χ3v) is 3.97. The van der Waals surface area contributed by atoms with Crippen LogP contribution in [-0.2, 0) is 32.2 Å². The third kappa shape index (κ3) is 6.96. The molecule has 0 aliphatic heterocycles. The average molecular weight is 358 g/mol. The number of aldehydes is 1. The lowest BCUT2D eigenvalue weighted by molar-refractivity contribution is -0.122. The van der Waals surface area contributed by atoms with Crippen molar-refractivity contribution in [3.63, 3.8) is 0 Å². The highest BCUT2D eigenvalue weighted by molar-refractivity contribution is 5.50. The van der Waals surface area contributed by atoms with Gasteiger partial charge in [-0.3, -0.25) is 0 Å². The summed E-state index contributed by atoms with van der Waals surface area (Å²) in [6, 6.07) is 17.7. The van der Waals surface area contributed by atoms with Crippen molar-refractivity contribution in [2.75, 3.05) is 20.3 Å². The van der Waals surface area contributed by atoms with Crippen molar-refractivity contribution in [2.24, 2.45) is 0 Å². The molecule has 2 aromatic carbocycles. The van der Waals surface area contributed by atoms with E-state index in [1.165, 1.54) is 0 Å². The number of hydrogen-bond donors (Lipinski definition) is 0. The zero-order chi connectivity index (χ0) is 18.6. The number of hydrogen-bond acceptors (Lipinski definition) is 5. The molecule has 0 aliphatic rings. The van der Waals surface area contributed by atoms with Crippen molar-refractivity contribution < 1.29 is 23.7 Å². The molecule has 0 saturated carbocycles. The van der Waals surface area contributed by atoms with Crippen LogP contribution in [0.2, 0.25) is 0 Å². The van der Waals surface area contributed by atoms with Crippen LogP contribution in [0.1, 0.15) is 18.1 Å². The van der Waals surface area contributed by atoms with E-state index in [9.17, 15) is 4.79 Å². The Labute approximate surface area is 154 Å². The molecular formula is C21H26O5. The van der Waals surface area contributed by atoms with E-state index in [4.69, 9.17) is 18.9 Å². The van der Waals surface area contributed by atoms with Gasteiger partial charge in [0.25, 0.3) is 0 Å². The molecule has 5 nitrogen and oxygen atoms in total. The maximum Gasteiger partial charge on any atom is 0.145 e. The van der Waals surface area contributed by atoms with E-state index < -0.39 is 0 Å². The molecule has 2 rings (SSSR count). The molecule has 0 bridgehead atoms. The van der Waals surface area contributed by atoms with Crippen LogP contribution in [-0.4, -0.2) is 38.8 Å². The van der Waals surface area contributed by atoms with Gasteiger partial charge in [0.05, 0.1) is 33.0 Å². The number of carbonyl (C=O) groups excluding carboxylic acids is 1. The van der Waals surface area contributed by atoms with E-state index in [0.717, 1.165) is 23.2 Å². The van der Waals surface area contributed by atoms with E-state index in [1.54, 1.807) is 7.11 Å². The Morgan fingerprint density at radius 2 is 1.58 bits per heavy atom. The van der Waals surface area contributed by atoms with Crippen LogP contribution in [0.4, 0.5) is 0 Å². The Balaban J connectivity index is 1.87. The van der Waals surface area contributed by atoms with E-state index in [-0.39, 0.29) is 18.8 Å². The molecule has 2 unspecified atom stereocenters. The molecule has 2 atom stereocenters. The second-order valence-corrected chi connectivity index (χ2v) is 5.90. The van der Waals surface area contributed by atoms with Crippen molar-refractivity contribution >= 4 is 6.29 Å². The highest BCUT2D eigenvalue weighted by Crippen LogP contribution is 2.15. The SMILES string of the molecule is COc1ccc(COC(C)C(COCC=O)OCc2ccccc2)cc1. The standard InChI is InChI=1S/C21H26O5/c1-17(25-14-19-8-10-20(23-2)11-9-19)21(16-24-13-12-22)26-15-18-6-4-3-5-7-18/h3-12,17,21H,13-16H2,1-2H3. The maximum absolute atomic E-state index is 10.5. The normalized spacial score (nSPS) is 13.2. The number of ether oxygens (including phenoxy) is 4. The molecule has 0 aromatic heterocycles. The zero-order valence-corrected chi connectivity index (χ0v) is 15.3. The molecule has 26 heavy (non-hydrogen) atoms. The van der Waals surface area contributed by atoms with E-state index in [0.29, 0.717) is 19.8 Å². The summed E-state index contributed by atoms with van der Waals surface area (Å²) in [6.45, 7) is 3.23. The smallest absolute Gasteiger partial charge is 0.145 e. The van der Waals surface area contributed by atoms with Crippen LogP contribution in [0, 0.1) is 0 Å². The molecule has 0 spiro atoms.